The maximum atomic E-state index is 12.1. The van der Waals surface area contributed by atoms with Gasteiger partial charge >= 0.3 is 5.97 Å². The van der Waals surface area contributed by atoms with Crippen molar-refractivity contribution < 1.29 is 18.7 Å². The number of carbonyl (C=O) groups is 2. The van der Waals surface area contributed by atoms with E-state index < -0.39 is 12.1 Å². The zero-order valence-electron chi connectivity index (χ0n) is 12.9. The first kappa shape index (κ1) is 15.8. The minimum Gasteiger partial charge on any atom is -0.467 e. The molecule has 1 atom stereocenters. The third kappa shape index (κ3) is 3.97. The predicted octanol–water partition coefficient (Wildman–Crippen LogP) is 2.76. The molecule has 0 spiro atoms. The van der Waals surface area contributed by atoms with Gasteiger partial charge in [0.2, 0.25) is 0 Å². The molecule has 5 nitrogen and oxygen atoms in total. The molecule has 0 saturated carbocycles. The van der Waals surface area contributed by atoms with Gasteiger partial charge in [-0.1, -0.05) is 17.7 Å². The molecule has 0 aliphatic rings. The summed E-state index contributed by atoms with van der Waals surface area (Å²) >= 11 is 0. The van der Waals surface area contributed by atoms with Gasteiger partial charge in [-0.2, -0.15) is 0 Å². The van der Waals surface area contributed by atoms with Crippen LogP contribution >= 0.6 is 0 Å². The van der Waals surface area contributed by atoms with Crippen LogP contribution in [0, 0.1) is 13.8 Å². The van der Waals surface area contributed by atoms with Crippen molar-refractivity contribution in [1.29, 1.82) is 0 Å². The molecule has 1 aromatic carbocycles. The molecule has 0 aliphatic carbocycles. The van der Waals surface area contributed by atoms with Crippen LogP contribution in [0.5, 0.6) is 0 Å². The van der Waals surface area contributed by atoms with Crippen molar-refractivity contribution in [3.8, 4) is 0 Å². The molecule has 116 valence electrons. The molecule has 1 N–H and O–H groups in total. The summed E-state index contributed by atoms with van der Waals surface area (Å²) in [6.07, 6.45) is 0.661. The van der Waals surface area contributed by atoms with Crippen molar-refractivity contribution in [2.24, 2.45) is 0 Å². The van der Waals surface area contributed by atoms with Crippen LogP contribution in [0.15, 0.2) is 41.0 Å². The Kier molecular flexibility index (Phi) is 4.99. The lowest BCUT2D eigenvalue weighted by Crippen LogP contribution is -2.35. The van der Waals surface area contributed by atoms with E-state index in [9.17, 15) is 9.59 Å². The normalized spacial score (nSPS) is 11.8. The number of aryl methyl sites for hydroxylation is 2. The summed E-state index contributed by atoms with van der Waals surface area (Å²) in [5.74, 6) is -0.228. The molecule has 2 rings (SSSR count). The molecule has 0 fully saturated rings. The Morgan fingerprint density at radius 3 is 2.68 bits per heavy atom. The Balaban J connectivity index is 1.91. The summed E-state index contributed by atoms with van der Waals surface area (Å²) in [5, 5.41) is 2.66. The number of benzene rings is 1. The van der Waals surface area contributed by atoms with Crippen LogP contribution in [-0.4, -0.2) is 18.0 Å². The quantitative estimate of drug-likeness (QED) is 0.862. The number of nitrogens with one attached hydrogen (secondary N) is 1. The van der Waals surface area contributed by atoms with Crippen molar-refractivity contribution in [3.05, 3.63) is 59.0 Å². The minimum absolute atomic E-state index is 0.261. The average molecular weight is 301 g/mol. The number of hydrogen-bond donors (Lipinski definition) is 1. The van der Waals surface area contributed by atoms with E-state index in [4.69, 9.17) is 9.15 Å². The third-order valence-electron chi connectivity index (χ3n) is 3.27. The van der Waals surface area contributed by atoms with Crippen LogP contribution in [-0.2, 0) is 16.1 Å². The lowest BCUT2D eigenvalue weighted by atomic mass is 10.1. The molecular formula is C17H19NO4. The first-order chi connectivity index (χ1) is 10.5. The zero-order valence-corrected chi connectivity index (χ0v) is 12.9. The van der Waals surface area contributed by atoms with Gasteiger partial charge in [-0.25, -0.2) is 4.79 Å². The highest BCUT2D eigenvalue weighted by Crippen LogP contribution is 2.13. The Morgan fingerprint density at radius 1 is 1.27 bits per heavy atom. The molecule has 22 heavy (non-hydrogen) atoms. The fraction of sp³-hybridized carbons (Fsp3) is 0.294. The van der Waals surface area contributed by atoms with Gasteiger partial charge in [0.25, 0.3) is 5.91 Å². The maximum absolute atomic E-state index is 12.1. The van der Waals surface area contributed by atoms with Crippen LogP contribution < -0.4 is 5.32 Å². The van der Waals surface area contributed by atoms with E-state index in [2.05, 4.69) is 5.32 Å². The van der Waals surface area contributed by atoms with E-state index >= 15 is 0 Å². The fourth-order valence-corrected chi connectivity index (χ4v) is 2.05. The second-order valence-corrected chi connectivity index (χ2v) is 5.16. The van der Waals surface area contributed by atoms with Crippen molar-refractivity contribution >= 4 is 11.9 Å². The molecule has 0 bridgehead atoms. The number of hydrogen-bond acceptors (Lipinski definition) is 4. The van der Waals surface area contributed by atoms with Crippen LogP contribution in [0.4, 0.5) is 0 Å². The first-order valence-corrected chi connectivity index (χ1v) is 7.05. The topological polar surface area (TPSA) is 68.5 Å². The molecule has 1 amide bonds. The Morgan fingerprint density at radius 2 is 2.05 bits per heavy atom. The largest absolute Gasteiger partial charge is 0.467 e. The number of amides is 1. The second-order valence-electron chi connectivity index (χ2n) is 5.16. The van der Waals surface area contributed by atoms with E-state index in [1.165, 1.54) is 6.26 Å². The molecule has 0 radical (unpaired) electrons. The lowest BCUT2D eigenvalue weighted by Gasteiger charge is -2.14. The first-order valence-electron chi connectivity index (χ1n) is 7.05. The standard InChI is InChI=1S/C17H19NO4/c1-11-6-7-15(12(2)9-11)17(20)22-13(3)16(19)18-10-14-5-4-8-21-14/h4-9,13H,10H2,1-3H3,(H,18,19)/t13-/m0/s1. The highest BCUT2D eigenvalue weighted by Gasteiger charge is 2.20. The minimum atomic E-state index is -0.872. The monoisotopic (exact) mass is 301 g/mol. The van der Waals surface area contributed by atoms with Gasteiger partial charge < -0.3 is 14.5 Å². The summed E-state index contributed by atoms with van der Waals surface area (Å²) in [4.78, 5) is 24.0. The van der Waals surface area contributed by atoms with Gasteiger partial charge in [-0.3, -0.25) is 4.79 Å². The van der Waals surface area contributed by atoms with Gasteiger partial charge in [-0.05, 0) is 44.5 Å². The van der Waals surface area contributed by atoms with Gasteiger partial charge in [0, 0.05) is 0 Å². The molecule has 2 aromatic rings. The molecule has 0 aliphatic heterocycles. The van der Waals surface area contributed by atoms with Crippen molar-refractivity contribution in [2.75, 3.05) is 0 Å². The molecule has 5 heteroatoms. The van der Waals surface area contributed by atoms with Gasteiger partial charge in [-0.15, -0.1) is 0 Å². The van der Waals surface area contributed by atoms with Crippen LogP contribution in [0.2, 0.25) is 0 Å². The van der Waals surface area contributed by atoms with Crippen molar-refractivity contribution in [3.63, 3.8) is 0 Å². The smallest absolute Gasteiger partial charge is 0.339 e. The second kappa shape index (κ2) is 6.93. The highest BCUT2D eigenvalue weighted by atomic mass is 16.5. The molecule has 0 saturated heterocycles. The van der Waals surface area contributed by atoms with E-state index in [1.54, 1.807) is 25.1 Å². The van der Waals surface area contributed by atoms with Crippen molar-refractivity contribution in [1.82, 2.24) is 5.32 Å². The van der Waals surface area contributed by atoms with E-state index in [1.807, 2.05) is 26.0 Å². The number of carbonyl (C=O) groups excluding carboxylic acids is 2. The molecule has 1 aromatic heterocycles. The van der Waals surface area contributed by atoms with E-state index in [-0.39, 0.29) is 12.5 Å². The third-order valence-corrected chi connectivity index (χ3v) is 3.27. The molecule has 1 heterocycles. The van der Waals surface area contributed by atoms with Crippen LogP contribution in [0.25, 0.3) is 0 Å². The summed E-state index contributed by atoms with van der Waals surface area (Å²) in [6.45, 7) is 5.59. The summed E-state index contributed by atoms with van der Waals surface area (Å²) in [7, 11) is 0. The Bertz CT molecular complexity index is 661. The van der Waals surface area contributed by atoms with Crippen molar-refractivity contribution in [2.45, 2.75) is 33.4 Å². The zero-order chi connectivity index (χ0) is 16.1. The van der Waals surface area contributed by atoms with Gasteiger partial charge in [0.15, 0.2) is 6.10 Å². The summed E-state index contributed by atoms with van der Waals surface area (Å²) < 4.78 is 10.3. The van der Waals surface area contributed by atoms with E-state index in [0.717, 1.165) is 11.1 Å². The summed E-state index contributed by atoms with van der Waals surface area (Å²) in [6, 6.07) is 8.95. The fourth-order valence-electron chi connectivity index (χ4n) is 2.05. The predicted molar refractivity (Wildman–Crippen MR) is 81.3 cm³/mol. The van der Waals surface area contributed by atoms with E-state index in [0.29, 0.717) is 11.3 Å². The number of ether oxygens (including phenoxy) is 1. The number of esters is 1. The Hall–Kier alpha value is -2.56. The average Bonchev–Trinajstić information content (AvgIpc) is 2.97. The lowest BCUT2D eigenvalue weighted by molar-refractivity contribution is -0.129. The van der Waals surface area contributed by atoms with Gasteiger partial charge in [0.05, 0.1) is 18.4 Å². The highest BCUT2D eigenvalue weighted by molar-refractivity contribution is 5.93. The van der Waals surface area contributed by atoms with Crippen LogP contribution in [0.3, 0.4) is 0 Å². The maximum Gasteiger partial charge on any atom is 0.339 e. The number of furan rings is 1. The summed E-state index contributed by atoms with van der Waals surface area (Å²) in [5.41, 5.74) is 2.36. The van der Waals surface area contributed by atoms with Gasteiger partial charge in [0.1, 0.15) is 5.76 Å². The molecule has 0 unspecified atom stereocenters. The number of rotatable bonds is 5. The van der Waals surface area contributed by atoms with Crippen LogP contribution in [0.1, 0.15) is 34.2 Å². The molecular weight excluding hydrogens is 282 g/mol. The SMILES string of the molecule is Cc1ccc(C(=O)O[C@@H](C)C(=O)NCc2ccco2)c(C)c1. The Labute approximate surface area is 129 Å².